The van der Waals surface area contributed by atoms with Crippen molar-refractivity contribution in [3.8, 4) is 0 Å². The Morgan fingerprint density at radius 3 is 1.10 bits per heavy atom. The van der Waals surface area contributed by atoms with Gasteiger partial charge in [0.25, 0.3) is 0 Å². The molecule has 2 saturated carbocycles. The van der Waals surface area contributed by atoms with E-state index < -0.39 is 0 Å². The van der Waals surface area contributed by atoms with E-state index in [1.165, 1.54) is 103 Å². The molecule has 0 aromatic heterocycles. The van der Waals surface area contributed by atoms with Gasteiger partial charge in [0.2, 0.25) is 0 Å². The van der Waals surface area contributed by atoms with Gasteiger partial charge < -0.3 is 0 Å². The standard InChI is InChI=1S/C30H58/c1-3-5-7-9-11-12-14-16-18-20-28-22-24-29-25-27(21-23-30(29)26-28)19-17-15-13-10-8-6-4-2/h27-30H,3-26H2,1-2H3. The summed E-state index contributed by atoms with van der Waals surface area (Å²) >= 11 is 0. The lowest BCUT2D eigenvalue weighted by molar-refractivity contribution is 0.0904. The molecule has 0 bridgehead atoms. The summed E-state index contributed by atoms with van der Waals surface area (Å²) in [6.07, 6.45) is 36.3. The van der Waals surface area contributed by atoms with Crippen LogP contribution in [0.5, 0.6) is 0 Å². The minimum atomic E-state index is 1.09. The first kappa shape index (κ1) is 26.3. The van der Waals surface area contributed by atoms with Gasteiger partial charge in [0.05, 0.1) is 0 Å². The van der Waals surface area contributed by atoms with Crippen LogP contribution in [0.3, 0.4) is 0 Å². The fourth-order valence-corrected chi connectivity index (χ4v) is 6.74. The molecular formula is C30H58. The number of fused-ring (bicyclic) bond motifs is 1. The molecule has 0 spiro atoms. The molecule has 0 nitrogen and oxygen atoms in total. The molecule has 2 aliphatic carbocycles. The summed E-state index contributed by atoms with van der Waals surface area (Å²) in [5, 5.41) is 0. The predicted molar refractivity (Wildman–Crippen MR) is 136 cm³/mol. The molecule has 30 heavy (non-hydrogen) atoms. The van der Waals surface area contributed by atoms with E-state index in [0.717, 1.165) is 23.7 Å². The molecule has 2 aliphatic rings. The third-order valence-corrected chi connectivity index (χ3v) is 8.76. The van der Waals surface area contributed by atoms with Gasteiger partial charge >= 0.3 is 0 Å². The normalized spacial score (nSPS) is 26.6. The van der Waals surface area contributed by atoms with Gasteiger partial charge in [-0.3, -0.25) is 0 Å². The first-order valence-electron chi connectivity index (χ1n) is 14.8. The summed E-state index contributed by atoms with van der Waals surface area (Å²) in [6, 6.07) is 0. The Bertz CT molecular complexity index is 372. The minimum Gasteiger partial charge on any atom is -0.0654 e. The Labute approximate surface area is 191 Å². The van der Waals surface area contributed by atoms with E-state index >= 15 is 0 Å². The Kier molecular flexibility index (Phi) is 15.4. The highest BCUT2D eigenvalue weighted by Gasteiger charge is 2.34. The summed E-state index contributed by atoms with van der Waals surface area (Å²) in [6.45, 7) is 4.64. The van der Waals surface area contributed by atoms with Crippen molar-refractivity contribution >= 4 is 0 Å². The van der Waals surface area contributed by atoms with Crippen molar-refractivity contribution in [2.75, 3.05) is 0 Å². The maximum atomic E-state index is 2.32. The van der Waals surface area contributed by atoms with Crippen LogP contribution < -0.4 is 0 Å². The third-order valence-electron chi connectivity index (χ3n) is 8.76. The van der Waals surface area contributed by atoms with Crippen LogP contribution in [-0.2, 0) is 0 Å². The van der Waals surface area contributed by atoms with E-state index in [-0.39, 0.29) is 0 Å². The van der Waals surface area contributed by atoms with Gasteiger partial charge in [-0.05, 0) is 49.4 Å². The lowest BCUT2D eigenvalue weighted by Gasteiger charge is -2.42. The average molecular weight is 419 g/mol. The zero-order valence-corrected chi connectivity index (χ0v) is 21.3. The number of hydrogen-bond donors (Lipinski definition) is 0. The summed E-state index contributed by atoms with van der Waals surface area (Å²) in [7, 11) is 0. The first-order valence-corrected chi connectivity index (χ1v) is 14.8. The van der Waals surface area contributed by atoms with Crippen molar-refractivity contribution in [1.29, 1.82) is 0 Å². The van der Waals surface area contributed by atoms with E-state index in [9.17, 15) is 0 Å². The second-order valence-corrected chi connectivity index (χ2v) is 11.4. The number of unbranched alkanes of at least 4 members (excludes halogenated alkanes) is 14. The molecule has 0 saturated heterocycles. The van der Waals surface area contributed by atoms with E-state index in [2.05, 4.69) is 13.8 Å². The first-order chi connectivity index (χ1) is 14.8. The SMILES string of the molecule is CCCCCCCCCCCC1CCC2CC(CCCCCCCCC)CCC2C1. The van der Waals surface area contributed by atoms with Crippen molar-refractivity contribution in [1.82, 2.24) is 0 Å². The molecular weight excluding hydrogens is 360 g/mol. The zero-order valence-electron chi connectivity index (χ0n) is 21.3. The summed E-state index contributed by atoms with van der Waals surface area (Å²) in [5.41, 5.74) is 0. The van der Waals surface area contributed by atoms with Crippen molar-refractivity contribution in [2.45, 2.75) is 168 Å². The minimum absolute atomic E-state index is 1.09. The second kappa shape index (κ2) is 17.5. The third kappa shape index (κ3) is 11.6. The van der Waals surface area contributed by atoms with E-state index in [1.54, 1.807) is 51.4 Å². The molecule has 0 aromatic rings. The molecule has 4 atom stereocenters. The fraction of sp³-hybridized carbons (Fsp3) is 1.00. The Morgan fingerprint density at radius 2 is 0.733 bits per heavy atom. The molecule has 0 aliphatic heterocycles. The largest absolute Gasteiger partial charge is 0.0654 e. The van der Waals surface area contributed by atoms with Crippen molar-refractivity contribution in [3.63, 3.8) is 0 Å². The zero-order chi connectivity index (χ0) is 21.3. The topological polar surface area (TPSA) is 0 Å². The monoisotopic (exact) mass is 418 g/mol. The Hall–Kier alpha value is 0. The van der Waals surface area contributed by atoms with Crippen molar-refractivity contribution < 1.29 is 0 Å². The van der Waals surface area contributed by atoms with Crippen LogP contribution >= 0.6 is 0 Å². The van der Waals surface area contributed by atoms with Gasteiger partial charge in [0.1, 0.15) is 0 Å². The number of hydrogen-bond acceptors (Lipinski definition) is 0. The van der Waals surface area contributed by atoms with Crippen LogP contribution in [0.15, 0.2) is 0 Å². The Balaban J connectivity index is 1.44. The molecule has 2 rings (SSSR count). The highest BCUT2D eigenvalue weighted by atomic mass is 14.4. The highest BCUT2D eigenvalue weighted by Crippen LogP contribution is 2.46. The van der Waals surface area contributed by atoms with Crippen LogP contribution in [-0.4, -0.2) is 0 Å². The fourth-order valence-electron chi connectivity index (χ4n) is 6.74. The van der Waals surface area contributed by atoms with Crippen molar-refractivity contribution in [2.24, 2.45) is 23.7 Å². The quantitative estimate of drug-likeness (QED) is 0.194. The van der Waals surface area contributed by atoms with Crippen molar-refractivity contribution in [3.05, 3.63) is 0 Å². The van der Waals surface area contributed by atoms with Gasteiger partial charge in [0, 0.05) is 0 Å². The summed E-state index contributed by atoms with van der Waals surface area (Å²) < 4.78 is 0. The van der Waals surface area contributed by atoms with Gasteiger partial charge in [-0.25, -0.2) is 0 Å². The molecule has 0 N–H and O–H groups in total. The molecule has 0 heteroatoms. The lowest BCUT2D eigenvalue weighted by Crippen LogP contribution is -2.31. The molecule has 0 aromatic carbocycles. The lowest BCUT2D eigenvalue weighted by atomic mass is 9.63. The maximum absolute atomic E-state index is 2.32. The molecule has 0 amide bonds. The van der Waals surface area contributed by atoms with E-state index in [0.29, 0.717) is 0 Å². The van der Waals surface area contributed by atoms with Crippen LogP contribution in [0.2, 0.25) is 0 Å². The molecule has 4 unspecified atom stereocenters. The predicted octanol–water partition coefficient (Wildman–Crippen LogP) is 10.9. The van der Waals surface area contributed by atoms with Gasteiger partial charge in [-0.2, -0.15) is 0 Å². The van der Waals surface area contributed by atoms with Gasteiger partial charge in [0.15, 0.2) is 0 Å². The van der Waals surface area contributed by atoms with E-state index in [4.69, 9.17) is 0 Å². The summed E-state index contributed by atoms with van der Waals surface area (Å²) in [5.74, 6) is 4.42. The molecule has 178 valence electrons. The Morgan fingerprint density at radius 1 is 0.400 bits per heavy atom. The van der Waals surface area contributed by atoms with E-state index in [1.807, 2.05) is 0 Å². The van der Waals surface area contributed by atoms with Gasteiger partial charge in [-0.1, -0.05) is 142 Å². The summed E-state index contributed by atoms with van der Waals surface area (Å²) in [4.78, 5) is 0. The second-order valence-electron chi connectivity index (χ2n) is 11.4. The van der Waals surface area contributed by atoms with Crippen LogP contribution in [0, 0.1) is 23.7 Å². The molecule has 2 fully saturated rings. The van der Waals surface area contributed by atoms with Crippen LogP contribution in [0.1, 0.15) is 168 Å². The van der Waals surface area contributed by atoms with Crippen LogP contribution in [0.25, 0.3) is 0 Å². The smallest absolute Gasteiger partial charge is 0.0383 e. The highest BCUT2D eigenvalue weighted by molar-refractivity contribution is 4.86. The maximum Gasteiger partial charge on any atom is -0.0383 e. The number of rotatable bonds is 18. The average Bonchev–Trinajstić information content (AvgIpc) is 2.77. The molecule has 0 heterocycles. The van der Waals surface area contributed by atoms with Crippen LogP contribution in [0.4, 0.5) is 0 Å². The van der Waals surface area contributed by atoms with Gasteiger partial charge in [-0.15, -0.1) is 0 Å². The molecule has 0 radical (unpaired) electrons.